The van der Waals surface area contributed by atoms with Gasteiger partial charge in [-0.25, -0.2) is 13.1 Å². The molecule has 110 valence electrons. The van der Waals surface area contributed by atoms with Crippen LogP contribution in [0.15, 0.2) is 11.0 Å². The van der Waals surface area contributed by atoms with Crippen molar-refractivity contribution in [3.05, 3.63) is 15.8 Å². The number of rotatable bonds is 6. The Bertz CT molecular complexity index is 513. The molecule has 0 saturated heterocycles. The predicted molar refractivity (Wildman–Crippen MR) is 81.1 cm³/mol. The Morgan fingerprint density at radius 1 is 1.32 bits per heavy atom. The van der Waals surface area contributed by atoms with Gasteiger partial charge >= 0.3 is 0 Å². The molecule has 1 heterocycles. The van der Waals surface area contributed by atoms with E-state index in [1.165, 1.54) is 11.3 Å². The van der Waals surface area contributed by atoms with E-state index in [1.807, 2.05) is 14.0 Å². The number of aryl methyl sites for hydroxylation is 1. The summed E-state index contributed by atoms with van der Waals surface area (Å²) >= 11 is 1.52. The maximum Gasteiger partial charge on any atom is 0.241 e. The Morgan fingerprint density at radius 2 is 1.95 bits per heavy atom. The van der Waals surface area contributed by atoms with E-state index >= 15 is 0 Å². The number of nitrogens with one attached hydrogen (secondary N) is 2. The third-order valence-electron chi connectivity index (χ3n) is 2.73. The smallest absolute Gasteiger partial charge is 0.241 e. The number of sulfonamides is 1. The van der Waals surface area contributed by atoms with Gasteiger partial charge in [0.1, 0.15) is 0 Å². The molecule has 0 radical (unpaired) electrons. The molecule has 0 aliphatic rings. The molecule has 1 aromatic heterocycles. The molecule has 0 saturated carbocycles. The van der Waals surface area contributed by atoms with Crippen LogP contribution in [0.5, 0.6) is 0 Å². The Balaban J connectivity index is 2.77. The van der Waals surface area contributed by atoms with E-state index < -0.39 is 10.0 Å². The highest BCUT2D eigenvalue weighted by Crippen LogP contribution is 2.26. The second kappa shape index (κ2) is 6.35. The van der Waals surface area contributed by atoms with E-state index in [4.69, 9.17) is 0 Å². The van der Waals surface area contributed by atoms with Crippen LogP contribution in [-0.2, 0) is 16.6 Å². The van der Waals surface area contributed by atoms with Crippen molar-refractivity contribution in [1.29, 1.82) is 0 Å². The van der Waals surface area contributed by atoms with Gasteiger partial charge in [0.15, 0.2) is 0 Å². The van der Waals surface area contributed by atoms with Gasteiger partial charge in [0.05, 0.1) is 4.90 Å². The molecule has 0 aromatic carbocycles. The third kappa shape index (κ3) is 5.22. The van der Waals surface area contributed by atoms with Crippen LogP contribution < -0.4 is 10.0 Å². The van der Waals surface area contributed by atoms with Gasteiger partial charge < -0.3 is 5.32 Å². The molecule has 0 unspecified atom stereocenters. The largest absolute Gasteiger partial charge is 0.315 e. The van der Waals surface area contributed by atoms with Crippen molar-refractivity contribution in [2.75, 3.05) is 13.6 Å². The summed E-state index contributed by atoms with van der Waals surface area (Å²) in [5.41, 5.74) is 0.128. The first-order valence-electron chi connectivity index (χ1n) is 6.39. The van der Waals surface area contributed by atoms with Gasteiger partial charge in [-0.3, -0.25) is 0 Å². The van der Waals surface area contributed by atoms with Crippen LogP contribution in [0, 0.1) is 12.3 Å². The fourth-order valence-electron chi connectivity index (χ4n) is 1.69. The lowest BCUT2D eigenvalue weighted by Gasteiger charge is -2.18. The molecule has 0 aliphatic carbocycles. The molecule has 0 fully saturated rings. The summed E-state index contributed by atoms with van der Waals surface area (Å²) in [5, 5.41) is 3.03. The standard InChI is InChI=1S/C13H24N2O2S2/c1-10-12(8-11(18-10)9-14-5)19(16,17)15-7-6-13(2,3)4/h8,14-15H,6-7,9H2,1-5H3. The van der Waals surface area contributed by atoms with Crippen LogP contribution in [0.4, 0.5) is 0 Å². The summed E-state index contributed by atoms with van der Waals surface area (Å²) in [4.78, 5) is 2.29. The summed E-state index contributed by atoms with van der Waals surface area (Å²) in [6.45, 7) is 9.32. The highest BCUT2D eigenvalue weighted by molar-refractivity contribution is 7.89. The molecule has 0 atom stereocenters. The molecule has 0 aliphatic heterocycles. The summed E-state index contributed by atoms with van der Waals surface area (Å²) in [6.07, 6.45) is 0.818. The zero-order valence-electron chi connectivity index (χ0n) is 12.3. The van der Waals surface area contributed by atoms with Gasteiger partial charge in [0.25, 0.3) is 0 Å². The van der Waals surface area contributed by atoms with E-state index in [0.717, 1.165) is 16.2 Å². The SMILES string of the molecule is CNCc1cc(S(=O)(=O)NCCC(C)(C)C)c(C)s1. The Hall–Kier alpha value is -0.430. The van der Waals surface area contributed by atoms with Gasteiger partial charge in [-0.15, -0.1) is 11.3 Å². The van der Waals surface area contributed by atoms with Crippen molar-refractivity contribution in [3.8, 4) is 0 Å². The second-order valence-corrected chi connectivity index (χ2v) is 8.95. The lowest BCUT2D eigenvalue weighted by Crippen LogP contribution is -2.27. The molecule has 19 heavy (non-hydrogen) atoms. The van der Waals surface area contributed by atoms with Crippen LogP contribution in [0.25, 0.3) is 0 Å². The summed E-state index contributed by atoms with van der Waals surface area (Å²) in [6, 6.07) is 1.76. The van der Waals surface area contributed by atoms with Gasteiger partial charge in [-0.05, 0) is 31.9 Å². The highest BCUT2D eigenvalue weighted by atomic mass is 32.2. The van der Waals surface area contributed by atoms with Crippen molar-refractivity contribution in [2.45, 2.75) is 45.6 Å². The quantitative estimate of drug-likeness (QED) is 0.849. The van der Waals surface area contributed by atoms with E-state index in [2.05, 4.69) is 30.8 Å². The Morgan fingerprint density at radius 3 is 2.47 bits per heavy atom. The Labute approximate surface area is 120 Å². The van der Waals surface area contributed by atoms with E-state index in [0.29, 0.717) is 18.0 Å². The number of thiophene rings is 1. The summed E-state index contributed by atoms with van der Waals surface area (Å²) in [5.74, 6) is 0. The van der Waals surface area contributed by atoms with E-state index in [-0.39, 0.29) is 5.41 Å². The summed E-state index contributed by atoms with van der Waals surface area (Å²) < 4.78 is 27.1. The maximum absolute atomic E-state index is 12.2. The number of hydrogen-bond acceptors (Lipinski definition) is 4. The molecular formula is C13H24N2O2S2. The van der Waals surface area contributed by atoms with Gasteiger partial charge in [0.2, 0.25) is 10.0 Å². The van der Waals surface area contributed by atoms with Crippen LogP contribution >= 0.6 is 11.3 Å². The van der Waals surface area contributed by atoms with Crippen molar-refractivity contribution in [3.63, 3.8) is 0 Å². The molecule has 0 bridgehead atoms. The predicted octanol–water partition coefficient (Wildman–Crippen LogP) is 2.49. The molecule has 4 nitrogen and oxygen atoms in total. The van der Waals surface area contributed by atoms with Crippen LogP contribution in [0.1, 0.15) is 36.9 Å². The average molecular weight is 304 g/mol. The summed E-state index contributed by atoms with van der Waals surface area (Å²) in [7, 11) is -1.53. The molecular weight excluding hydrogens is 280 g/mol. The molecule has 2 N–H and O–H groups in total. The monoisotopic (exact) mass is 304 g/mol. The van der Waals surface area contributed by atoms with Crippen LogP contribution in [0.2, 0.25) is 0 Å². The normalized spacial score (nSPS) is 12.9. The van der Waals surface area contributed by atoms with Crippen molar-refractivity contribution in [2.24, 2.45) is 5.41 Å². The van der Waals surface area contributed by atoms with Crippen molar-refractivity contribution >= 4 is 21.4 Å². The first kappa shape index (κ1) is 16.6. The minimum Gasteiger partial charge on any atom is -0.315 e. The first-order chi connectivity index (χ1) is 8.65. The fourth-order valence-corrected chi connectivity index (χ4v) is 4.37. The molecule has 0 amide bonds. The molecule has 1 rings (SSSR count). The van der Waals surface area contributed by atoms with Crippen LogP contribution in [-0.4, -0.2) is 22.0 Å². The van der Waals surface area contributed by atoms with E-state index in [1.54, 1.807) is 6.07 Å². The molecule has 1 aromatic rings. The highest BCUT2D eigenvalue weighted by Gasteiger charge is 2.20. The zero-order chi connectivity index (χ0) is 14.7. The van der Waals surface area contributed by atoms with Gasteiger partial charge in [-0.2, -0.15) is 0 Å². The number of hydrogen-bond donors (Lipinski definition) is 2. The lowest BCUT2D eigenvalue weighted by molar-refractivity contribution is 0.378. The molecule has 0 spiro atoms. The third-order valence-corrected chi connectivity index (χ3v) is 5.50. The fraction of sp³-hybridized carbons (Fsp3) is 0.692. The zero-order valence-corrected chi connectivity index (χ0v) is 14.0. The average Bonchev–Trinajstić information content (AvgIpc) is 2.58. The minimum absolute atomic E-state index is 0.128. The minimum atomic E-state index is -3.38. The first-order valence-corrected chi connectivity index (χ1v) is 8.69. The molecule has 6 heteroatoms. The van der Waals surface area contributed by atoms with E-state index in [9.17, 15) is 8.42 Å². The van der Waals surface area contributed by atoms with Gasteiger partial charge in [-0.1, -0.05) is 20.8 Å². The van der Waals surface area contributed by atoms with Crippen LogP contribution in [0.3, 0.4) is 0 Å². The maximum atomic E-state index is 12.2. The topological polar surface area (TPSA) is 58.2 Å². The van der Waals surface area contributed by atoms with Gasteiger partial charge in [0, 0.05) is 22.8 Å². The van der Waals surface area contributed by atoms with Crippen molar-refractivity contribution in [1.82, 2.24) is 10.0 Å². The van der Waals surface area contributed by atoms with Crippen molar-refractivity contribution < 1.29 is 8.42 Å². The lowest BCUT2D eigenvalue weighted by atomic mass is 9.93. The Kier molecular flexibility index (Phi) is 5.55. The second-order valence-electron chi connectivity index (χ2n) is 5.87.